The van der Waals surface area contributed by atoms with Crippen LogP contribution in [0.1, 0.15) is 20.3 Å². The highest BCUT2D eigenvalue weighted by atomic mass is 16.5. The van der Waals surface area contributed by atoms with Crippen molar-refractivity contribution in [2.24, 2.45) is 5.92 Å². The molecule has 13 heavy (non-hydrogen) atoms. The lowest BCUT2D eigenvalue weighted by Gasteiger charge is -2.10. The number of carbonyl (C=O) groups is 2. The van der Waals surface area contributed by atoms with Crippen molar-refractivity contribution in [3.8, 4) is 0 Å². The van der Waals surface area contributed by atoms with Crippen molar-refractivity contribution in [1.29, 1.82) is 0 Å². The van der Waals surface area contributed by atoms with Gasteiger partial charge in [0.25, 0.3) is 0 Å². The highest BCUT2D eigenvalue weighted by Gasteiger charge is 2.22. The van der Waals surface area contributed by atoms with E-state index in [0.29, 0.717) is 5.57 Å². The van der Waals surface area contributed by atoms with E-state index < -0.39 is 17.9 Å². The molecule has 0 aromatic rings. The summed E-state index contributed by atoms with van der Waals surface area (Å²) in [7, 11) is 0. The molecule has 0 aliphatic heterocycles. The van der Waals surface area contributed by atoms with Crippen LogP contribution in [0.2, 0.25) is 0 Å². The molecule has 1 unspecified atom stereocenters. The molecular formula is C9H14O4. The molecule has 0 saturated heterocycles. The Labute approximate surface area is 77.2 Å². The third kappa shape index (κ3) is 4.30. The van der Waals surface area contributed by atoms with Gasteiger partial charge in [-0.25, -0.2) is 0 Å². The van der Waals surface area contributed by atoms with E-state index in [1.807, 2.05) is 0 Å². The molecule has 0 spiro atoms. The van der Waals surface area contributed by atoms with Crippen LogP contribution in [0.15, 0.2) is 12.2 Å². The summed E-state index contributed by atoms with van der Waals surface area (Å²) in [5.41, 5.74) is 0.459. The van der Waals surface area contributed by atoms with Gasteiger partial charge in [-0.15, -0.1) is 0 Å². The Morgan fingerprint density at radius 2 is 2.08 bits per heavy atom. The van der Waals surface area contributed by atoms with Crippen molar-refractivity contribution in [2.75, 3.05) is 6.61 Å². The second-order valence-corrected chi connectivity index (χ2v) is 2.75. The highest BCUT2D eigenvalue weighted by Crippen LogP contribution is 2.13. The standard InChI is InChI=1S/C9H14O4/c1-4-13-8(10)5-7(6(2)3)9(11)12/h7H,2,4-5H2,1,3H3,(H,11,12). The topological polar surface area (TPSA) is 63.6 Å². The fourth-order valence-electron chi connectivity index (χ4n) is 0.859. The maximum Gasteiger partial charge on any atom is 0.311 e. The van der Waals surface area contributed by atoms with E-state index in [4.69, 9.17) is 5.11 Å². The summed E-state index contributed by atoms with van der Waals surface area (Å²) in [5.74, 6) is -2.38. The predicted octanol–water partition coefficient (Wildman–Crippen LogP) is 1.22. The van der Waals surface area contributed by atoms with Crippen molar-refractivity contribution in [3.05, 3.63) is 12.2 Å². The predicted molar refractivity (Wildman–Crippen MR) is 47.2 cm³/mol. The lowest BCUT2D eigenvalue weighted by atomic mass is 9.99. The number of carboxylic acid groups (broad SMARTS) is 1. The largest absolute Gasteiger partial charge is 0.481 e. The fraction of sp³-hybridized carbons (Fsp3) is 0.556. The molecule has 1 atom stereocenters. The summed E-state index contributed by atoms with van der Waals surface area (Å²) in [6.07, 6.45) is -0.140. The second-order valence-electron chi connectivity index (χ2n) is 2.75. The Morgan fingerprint density at radius 1 is 1.54 bits per heavy atom. The molecule has 0 aromatic heterocycles. The zero-order valence-electron chi connectivity index (χ0n) is 7.87. The van der Waals surface area contributed by atoms with Gasteiger partial charge >= 0.3 is 11.9 Å². The van der Waals surface area contributed by atoms with Gasteiger partial charge in [0, 0.05) is 0 Å². The van der Waals surface area contributed by atoms with Gasteiger partial charge in [-0.1, -0.05) is 12.2 Å². The fourth-order valence-corrected chi connectivity index (χ4v) is 0.859. The van der Waals surface area contributed by atoms with Crippen molar-refractivity contribution >= 4 is 11.9 Å². The molecule has 4 nitrogen and oxygen atoms in total. The van der Waals surface area contributed by atoms with E-state index in [1.165, 1.54) is 0 Å². The van der Waals surface area contributed by atoms with E-state index in [9.17, 15) is 9.59 Å². The molecule has 0 amide bonds. The van der Waals surface area contributed by atoms with E-state index in [2.05, 4.69) is 11.3 Å². The minimum absolute atomic E-state index is 0.140. The van der Waals surface area contributed by atoms with Gasteiger partial charge in [-0.3, -0.25) is 9.59 Å². The molecule has 0 aliphatic carbocycles. The summed E-state index contributed by atoms with van der Waals surface area (Å²) < 4.78 is 4.63. The quantitative estimate of drug-likeness (QED) is 0.518. The number of esters is 1. The van der Waals surface area contributed by atoms with Gasteiger partial charge in [0.2, 0.25) is 0 Å². The first-order valence-electron chi connectivity index (χ1n) is 4.02. The Balaban J connectivity index is 4.19. The Bertz CT molecular complexity index is 206. The smallest absolute Gasteiger partial charge is 0.311 e. The van der Waals surface area contributed by atoms with Gasteiger partial charge in [0.05, 0.1) is 18.9 Å². The van der Waals surface area contributed by atoms with Crippen LogP contribution in [0.4, 0.5) is 0 Å². The number of carboxylic acids is 1. The highest BCUT2D eigenvalue weighted by molar-refractivity contribution is 5.81. The third-order valence-corrected chi connectivity index (χ3v) is 1.57. The second kappa shape index (κ2) is 5.35. The minimum atomic E-state index is -1.04. The molecule has 0 bridgehead atoms. The van der Waals surface area contributed by atoms with Crippen LogP contribution in [0, 0.1) is 5.92 Å². The lowest BCUT2D eigenvalue weighted by molar-refractivity contribution is -0.150. The minimum Gasteiger partial charge on any atom is -0.481 e. The number of ether oxygens (including phenoxy) is 1. The molecule has 0 fully saturated rings. The van der Waals surface area contributed by atoms with E-state index in [0.717, 1.165) is 0 Å². The molecule has 0 radical (unpaired) electrons. The lowest BCUT2D eigenvalue weighted by Crippen LogP contribution is -2.20. The summed E-state index contributed by atoms with van der Waals surface area (Å²) in [4.78, 5) is 21.5. The van der Waals surface area contributed by atoms with Crippen LogP contribution in [0.5, 0.6) is 0 Å². The molecule has 0 heterocycles. The van der Waals surface area contributed by atoms with Gasteiger partial charge < -0.3 is 9.84 Å². The van der Waals surface area contributed by atoms with Crippen molar-refractivity contribution < 1.29 is 19.4 Å². The zero-order valence-corrected chi connectivity index (χ0v) is 7.87. The van der Waals surface area contributed by atoms with Crippen molar-refractivity contribution in [3.63, 3.8) is 0 Å². The Hall–Kier alpha value is -1.32. The summed E-state index contributed by atoms with van der Waals surface area (Å²) in [5, 5.41) is 8.69. The van der Waals surface area contributed by atoms with E-state index in [-0.39, 0.29) is 13.0 Å². The number of rotatable bonds is 5. The third-order valence-electron chi connectivity index (χ3n) is 1.57. The number of hydrogen-bond donors (Lipinski definition) is 1. The zero-order chi connectivity index (χ0) is 10.4. The van der Waals surface area contributed by atoms with Gasteiger partial charge in [-0.2, -0.15) is 0 Å². The normalized spacial score (nSPS) is 11.8. The average molecular weight is 186 g/mol. The summed E-state index contributed by atoms with van der Waals surface area (Å²) >= 11 is 0. The average Bonchev–Trinajstić information content (AvgIpc) is 1.99. The summed E-state index contributed by atoms with van der Waals surface area (Å²) in [6.45, 7) is 7.02. The molecule has 0 aromatic carbocycles. The molecular weight excluding hydrogens is 172 g/mol. The number of carbonyl (C=O) groups excluding carboxylic acids is 1. The molecule has 0 saturated carbocycles. The van der Waals surface area contributed by atoms with Gasteiger partial charge in [-0.05, 0) is 13.8 Å². The molecule has 0 aliphatic rings. The van der Waals surface area contributed by atoms with E-state index in [1.54, 1.807) is 13.8 Å². The maximum atomic E-state index is 10.9. The maximum absolute atomic E-state index is 10.9. The van der Waals surface area contributed by atoms with E-state index >= 15 is 0 Å². The van der Waals surface area contributed by atoms with Crippen LogP contribution in [0.25, 0.3) is 0 Å². The Morgan fingerprint density at radius 3 is 2.38 bits per heavy atom. The molecule has 1 N–H and O–H groups in total. The van der Waals surface area contributed by atoms with Crippen LogP contribution in [0.3, 0.4) is 0 Å². The number of hydrogen-bond acceptors (Lipinski definition) is 3. The van der Waals surface area contributed by atoms with Crippen LogP contribution in [-0.4, -0.2) is 23.7 Å². The number of aliphatic carboxylic acids is 1. The molecule has 74 valence electrons. The van der Waals surface area contributed by atoms with Crippen LogP contribution < -0.4 is 0 Å². The monoisotopic (exact) mass is 186 g/mol. The van der Waals surface area contributed by atoms with Gasteiger partial charge in [0.15, 0.2) is 0 Å². The first kappa shape index (κ1) is 11.7. The first-order chi connectivity index (χ1) is 5.99. The van der Waals surface area contributed by atoms with Crippen LogP contribution >= 0.6 is 0 Å². The summed E-state index contributed by atoms with van der Waals surface area (Å²) in [6, 6.07) is 0. The van der Waals surface area contributed by atoms with Crippen molar-refractivity contribution in [1.82, 2.24) is 0 Å². The SMILES string of the molecule is C=C(C)C(CC(=O)OCC)C(=O)O. The first-order valence-corrected chi connectivity index (χ1v) is 4.02. The Kier molecular flexibility index (Phi) is 4.80. The molecule has 0 rings (SSSR count). The van der Waals surface area contributed by atoms with Gasteiger partial charge in [0.1, 0.15) is 0 Å². The molecule has 4 heteroatoms. The van der Waals surface area contributed by atoms with Crippen molar-refractivity contribution in [2.45, 2.75) is 20.3 Å². The van der Waals surface area contributed by atoms with Crippen LogP contribution in [-0.2, 0) is 14.3 Å².